The lowest BCUT2D eigenvalue weighted by Gasteiger charge is -2.54. The number of hydrogen-bond donors (Lipinski definition) is 0. The molecule has 6 nitrogen and oxygen atoms in total. The number of hydrogen-bond acceptors (Lipinski definition) is 4. The summed E-state index contributed by atoms with van der Waals surface area (Å²) in [4.78, 5) is 32.8. The zero-order valence-corrected chi connectivity index (χ0v) is 13.7. The highest BCUT2D eigenvalue weighted by atomic mass is 16.7. The second-order valence-electron chi connectivity index (χ2n) is 7.16. The Morgan fingerprint density at radius 3 is 2.86 bits per heavy atom. The third kappa shape index (κ3) is 2.12. The molecular formula is C16H24N2O4. The number of carbonyl (C=O) groups excluding carboxylic acids is 2. The highest BCUT2D eigenvalue weighted by Gasteiger charge is 2.61. The molecule has 3 atom stereocenters. The predicted molar refractivity (Wildman–Crippen MR) is 79.5 cm³/mol. The van der Waals surface area contributed by atoms with Crippen molar-refractivity contribution < 1.29 is 19.2 Å². The SMILES string of the molecule is CC[C@@H]1C(=O)N2OCCC[C@]23C=C[C@H]1N3C(=O)OC(C)(C)C. The summed E-state index contributed by atoms with van der Waals surface area (Å²) in [6.45, 7) is 8.00. The second kappa shape index (κ2) is 4.98. The molecule has 0 aromatic heterocycles. The summed E-state index contributed by atoms with van der Waals surface area (Å²) in [5.74, 6) is -0.311. The summed E-state index contributed by atoms with van der Waals surface area (Å²) < 4.78 is 5.58. The molecule has 0 aromatic carbocycles. The second-order valence-corrected chi connectivity index (χ2v) is 7.16. The van der Waals surface area contributed by atoms with Crippen LogP contribution >= 0.6 is 0 Å². The summed E-state index contributed by atoms with van der Waals surface area (Å²) in [6, 6.07) is -0.245. The van der Waals surface area contributed by atoms with Crippen LogP contribution in [0.25, 0.3) is 0 Å². The average Bonchev–Trinajstić information content (AvgIpc) is 2.72. The smallest absolute Gasteiger partial charge is 0.413 e. The van der Waals surface area contributed by atoms with Crippen LogP contribution in [0.1, 0.15) is 47.0 Å². The third-order valence-electron chi connectivity index (χ3n) is 4.50. The quantitative estimate of drug-likeness (QED) is 0.698. The zero-order chi connectivity index (χ0) is 16.1. The monoisotopic (exact) mass is 308 g/mol. The topological polar surface area (TPSA) is 59.1 Å². The number of fused-ring (bicyclic) bond motifs is 1. The number of amides is 2. The molecule has 3 heterocycles. The summed E-state index contributed by atoms with van der Waals surface area (Å²) in [5.41, 5.74) is -1.38. The first kappa shape index (κ1) is 15.3. The number of ether oxygens (including phenoxy) is 1. The molecule has 2 saturated heterocycles. The molecule has 0 aromatic rings. The van der Waals surface area contributed by atoms with Gasteiger partial charge >= 0.3 is 6.09 Å². The Balaban J connectivity index is 1.99. The molecule has 3 rings (SSSR count). The van der Waals surface area contributed by atoms with Gasteiger partial charge in [0.2, 0.25) is 0 Å². The third-order valence-corrected chi connectivity index (χ3v) is 4.50. The van der Waals surface area contributed by atoms with Gasteiger partial charge in [-0.15, -0.1) is 0 Å². The van der Waals surface area contributed by atoms with Crippen LogP contribution in [0.4, 0.5) is 4.79 Å². The van der Waals surface area contributed by atoms with Crippen molar-refractivity contribution in [2.45, 2.75) is 64.3 Å². The fourth-order valence-corrected chi connectivity index (χ4v) is 3.62. The van der Waals surface area contributed by atoms with Gasteiger partial charge in [-0.1, -0.05) is 13.0 Å². The Morgan fingerprint density at radius 2 is 2.23 bits per heavy atom. The molecule has 2 amide bonds. The van der Waals surface area contributed by atoms with Crippen LogP contribution in [-0.2, 0) is 14.4 Å². The first-order valence-corrected chi connectivity index (χ1v) is 7.99. The molecule has 0 radical (unpaired) electrons. The van der Waals surface area contributed by atoms with Gasteiger partial charge in [-0.2, -0.15) is 5.06 Å². The van der Waals surface area contributed by atoms with Crippen LogP contribution in [0, 0.1) is 5.92 Å². The number of rotatable bonds is 1. The summed E-state index contributed by atoms with van der Waals surface area (Å²) in [6.07, 6.45) is 5.66. The van der Waals surface area contributed by atoms with Gasteiger partial charge in [0, 0.05) is 0 Å². The van der Waals surface area contributed by atoms with E-state index < -0.39 is 11.3 Å². The number of nitrogens with zero attached hydrogens (tertiary/aromatic N) is 2. The van der Waals surface area contributed by atoms with Gasteiger partial charge in [-0.3, -0.25) is 14.5 Å². The standard InChI is InChI=1S/C16H24N2O4/c1-5-11-12-7-9-16(8-6-10-21-18(16)13(11)19)17(12)14(20)22-15(2,3)4/h7,9,11-12H,5-6,8,10H2,1-4H3/t11-,12+,16+/m0/s1. The molecule has 0 saturated carbocycles. The van der Waals surface area contributed by atoms with E-state index in [4.69, 9.17) is 9.57 Å². The number of hydroxylamine groups is 2. The molecular weight excluding hydrogens is 284 g/mol. The van der Waals surface area contributed by atoms with Crippen LogP contribution in [0.3, 0.4) is 0 Å². The molecule has 0 N–H and O–H groups in total. The van der Waals surface area contributed by atoms with Gasteiger partial charge in [0.25, 0.3) is 5.91 Å². The Kier molecular flexibility index (Phi) is 3.47. The Labute approximate surface area is 131 Å². The van der Waals surface area contributed by atoms with Gasteiger partial charge in [0.1, 0.15) is 5.60 Å². The molecule has 6 heteroatoms. The van der Waals surface area contributed by atoms with Crippen molar-refractivity contribution in [2.75, 3.05) is 6.61 Å². The number of carbonyl (C=O) groups is 2. The predicted octanol–water partition coefficient (Wildman–Crippen LogP) is 2.45. The summed E-state index contributed by atoms with van der Waals surface area (Å²) in [7, 11) is 0. The minimum absolute atomic E-state index is 0.0305. The van der Waals surface area contributed by atoms with Crippen LogP contribution in [-0.4, -0.2) is 45.9 Å². The van der Waals surface area contributed by atoms with E-state index in [0.29, 0.717) is 19.4 Å². The first-order valence-electron chi connectivity index (χ1n) is 7.99. The minimum atomic E-state index is -0.812. The zero-order valence-electron chi connectivity index (χ0n) is 13.7. The Bertz CT molecular complexity index is 525. The normalized spacial score (nSPS) is 33.9. The highest BCUT2D eigenvalue weighted by Crippen LogP contribution is 2.46. The van der Waals surface area contributed by atoms with Crippen LogP contribution < -0.4 is 0 Å². The van der Waals surface area contributed by atoms with Crippen molar-refractivity contribution in [3.63, 3.8) is 0 Å². The van der Waals surface area contributed by atoms with Crippen molar-refractivity contribution >= 4 is 12.0 Å². The van der Waals surface area contributed by atoms with E-state index in [-0.39, 0.29) is 24.0 Å². The van der Waals surface area contributed by atoms with Gasteiger partial charge in [-0.25, -0.2) is 4.79 Å². The minimum Gasteiger partial charge on any atom is -0.444 e. The van der Waals surface area contributed by atoms with Gasteiger partial charge in [0.05, 0.1) is 18.6 Å². The van der Waals surface area contributed by atoms with E-state index in [1.807, 2.05) is 39.8 Å². The van der Waals surface area contributed by atoms with Crippen molar-refractivity contribution in [1.82, 2.24) is 9.96 Å². The Morgan fingerprint density at radius 1 is 1.50 bits per heavy atom. The average molecular weight is 308 g/mol. The van der Waals surface area contributed by atoms with Crippen LogP contribution in [0.5, 0.6) is 0 Å². The molecule has 3 aliphatic heterocycles. The lowest BCUT2D eigenvalue weighted by molar-refractivity contribution is -0.275. The molecule has 2 fully saturated rings. The largest absolute Gasteiger partial charge is 0.444 e. The maximum absolute atomic E-state index is 12.8. The van der Waals surface area contributed by atoms with Crippen molar-refractivity contribution in [2.24, 2.45) is 5.92 Å². The summed E-state index contributed by atoms with van der Waals surface area (Å²) in [5, 5.41) is 1.41. The van der Waals surface area contributed by atoms with Crippen LogP contribution in [0.2, 0.25) is 0 Å². The Hall–Kier alpha value is -1.56. The molecule has 0 unspecified atom stereocenters. The lowest BCUT2D eigenvalue weighted by Crippen LogP contribution is -2.71. The van der Waals surface area contributed by atoms with Crippen molar-refractivity contribution in [1.29, 1.82) is 0 Å². The fraction of sp³-hybridized carbons (Fsp3) is 0.750. The van der Waals surface area contributed by atoms with Gasteiger partial charge in [-0.05, 0) is 46.1 Å². The maximum atomic E-state index is 12.8. The molecule has 122 valence electrons. The summed E-state index contributed by atoms with van der Waals surface area (Å²) >= 11 is 0. The van der Waals surface area contributed by atoms with E-state index in [1.165, 1.54) is 5.06 Å². The molecule has 3 aliphatic rings. The van der Waals surface area contributed by atoms with E-state index in [9.17, 15) is 9.59 Å². The van der Waals surface area contributed by atoms with Crippen molar-refractivity contribution in [3.05, 3.63) is 12.2 Å². The molecule has 22 heavy (non-hydrogen) atoms. The van der Waals surface area contributed by atoms with Gasteiger partial charge in [0.15, 0.2) is 5.66 Å². The van der Waals surface area contributed by atoms with E-state index >= 15 is 0 Å². The highest BCUT2D eigenvalue weighted by molar-refractivity contribution is 5.85. The first-order chi connectivity index (χ1) is 10.3. The van der Waals surface area contributed by atoms with E-state index in [2.05, 4.69) is 0 Å². The molecule has 1 spiro atoms. The maximum Gasteiger partial charge on any atom is 0.413 e. The van der Waals surface area contributed by atoms with Crippen molar-refractivity contribution in [3.8, 4) is 0 Å². The molecule has 2 bridgehead atoms. The van der Waals surface area contributed by atoms with E-state index in [0.717, 1.165) is 6.42 Å². The lowest BCUT2D eigenvalue weighted by atomic mass is 9.90. The van der Waals surface area contributed by atoms with E-state index in [1.54, 1.807) is 4.90 Å². The van der Waals surface area contributed by atoms with Crippen LogP contribution in [0.15, 0.2) is 12.2 Å². The fourth-order valence-electron chi connectivity index (χ4n) is 3.62. The van der Waals surface area contributed by atoms with Gasteiger partial charge < -0.3 is 4.74 Å². The molecule has 0 aliphatic carbocycles.